The van der Waals surface area contributed by atoms with Gasteiger partial charge in [0, 0.05) is 16.3 Å². The maximum Gasteiger partial charge on any atom is 0.262 e. The first-order valence-corrected chi connectivity index (χ1v) is 8.82. The van der Waals surface area contributed by atoms with Gasteiger partial charge in [-0.3, -0.25) is 4.79 Å². The van der Waals surface area contributed by atoms with Crippen molar-refractivity contribution in [1.29, 1.82) is 0 Å². The lowest BCUT2D eigenvalue weighted by Crippen LogP contribution is -2.34. The van der Waals surface area contributed by atoms with Crippen molar-refractivity contribution in [2.75, 3.05) is 5.32 Å². The second-order valence-corrected chi connectivity index (χ2v) is 6.67. The summed E-state index contributed by atoms with van der Waals surface area (Å²) >= 11 is 11.9. The van der Waals surface area contributed by atoms with Crippen LogP contribution in [0.1, 0.15) is 12.5 Å². The van der Waals surface area contributed by atoms with Crippen LogP contribution in [-0.2, 0) is 4.79 Å². The molecule has 6 heteroatoms. The molecule has 3 rings (SSSR count). The lowest BCUT2D eigenvalue weighted by Gasteiger charge is -2.14. The van der Waals surface area contributed by atoms with E-state index in [1.807, 2.05) is 42.5 Å². The van der Waals surface area contributed by atoms with E-state index in [4.69, 9.17) is 23.2 Å². The second kappa shape index (κ2) is 8.21. The average Bonchev–Trinajstić information content (AvgIpc) is 2.63. The Morgan fingerprint density at radius 3 is 2.58 bits per heavy atom. The van der Waals surface area contributed by atoms with Crippen molar-refractivity contribution in [1.82, 2.24) is 5.43 Å². The predicted molar refractivity (Wildman–Crippen MR) is 109 cm³/mol. The van der Waals surface area contributed by atoms with Crippen molar-refractivity contribution < 1.29 is 4.79 Å². The zero-order chi connectivity index (χ0) is 18.5. The fraction of sp³-hybridized carbons (Fsp3) is 0.100. The summed E-state index contributed by atoms with van der Waals surface area (Å²) in [6.45, 7) is 1.77. The Kier molecular flexibility index (Phi) is 5.76. The Labute approximate surface area is 161 Å². The number of hydrazone groups is 1. The Morgan fingerprint density at radius 2 is 1.81 bits per heavy atom. The molecule has 1 amide bonds. The molecule has 1 atom stereocenters. The van der Waals surface area contributed by atoms with Gasteiger partial charge in [0.05, 0.1) is 11.2 Å². The van der Waals surface area contributed by atoms with Crippen LogP contribution in [0.3, 0.4) is 0 Å². The molecular weight excluding hydrogens is 369 g/mol. The number of carbonyl (C=O) groups excluding carboxylic acids is 1. The SMILES string of the molecule is C[C@H](Nc1ccc2ccccc2c1)C(=O)N/N=C\c1ccc(Cl)cc1Cl. The summed E-state index contributed by atoms with van der Waals surface area (Å²) in [5.74, 6) is -0.250. The topological polar surface area (TPSA) is 53.5 Å². The van der Waals surface area contributed by atoms with Gasteiger partial charge in [-0.2, -0.15) is 5.10 Å². The molecule has 0 heterocycles. The lowest BCUT2D eigenvalue weighted by molar-refractivity contribution is -0.121. The molecule has 0 aliphatic carbocycles. The molecule has 0 unspecified atom stereocenters. The first-order chi connectivity index (χ1) is 12.5. The molecule has 3 aromatic carbocycles. The fourth-order valence-electron chi connectivity index (χ4n) is 2.46. The van der Waals surface area contributed by atoms with E-state index in [2.05, 4.69) is 15.8 Å². The number of carbonyl (C=O) groups is 1. The van der Waals surface area contributed by atoms with Crippen LogP contribution in [0.5, 0.6) is 0 Å². The molecule has 0 radical (unpaired) electrons. The third kappa shape index (κ3) is 4.54. The summed E-state index contributed by atoms with van der Waals surface area (Å²) in [4.78, 5) is 12.2. The van der Waals surface area contributed by atoms with Gasteiger partial charge in [-0.05, 0) is 42.0 Å². The van der Waals surface area contributed by atoms with Crippen molar-refractivity contribution in [2.24, 2.45) is 5.10 Å². The standard InChI is InChI=1S/C20H17Cl2N3O/c1-13(24-18-9-7-14-4-2-3-5-15(14)10-18)20(26)25-23-12-16-6-8-17(21)11-19(16)22/h2-13,24H,1H3,(H,25,26)/b23-12-/t13-/m0/s1. The highest BCUT2D eigenvalue weighted by Gasteiger charge is 2.12. The number of halogens is 2. The molecule has 0 bridgehead atoms. The smallest absolute Gasteiger partial charge is 0.262 e. The predicted octanol–water partition coefficient (Wildman–Crippen LogP) is 5.10. The van der Waals surface area contributed by atoms with Gasteiger partial charge >= 0.3 is 0 Å². The van der Waals surface area contributed by atoms with Crippen LogP contribution >= 0.6 is 23.2 Å². The van der Waals surface area contributed by atoms with E-state index in [9.17, 15) is 4.79 Å². The van der Waals surface area contributed by atoms with Gasteiger partial charge in [0.15, 0.2) is 0 Å². The molecule has 0 aromatic heterocycles. The monoisotopic (exact) mass is 385 g/mol. The van der Waals surface area contributed by atoms with Crippen LogP contribution in [0.25, 0.3) is 10.8 Å². The number of hydrogen-bond acceptors (Lipinski definition) is 3. The molecule has 0 fully saturated rings. The molecule has 0 aliphatic rings. The summed E-state index contributed by atoms with van der Waals surface area (Å²) in [7, 11) is 0. The average molecular weight is 386 g/mol. The van der Waals surface area contributed by atoms with Crippen molar-refractivity contribution in [3.05, 3.63) is 76.3 Å². The Hall–Kier alpha value is -2.56. The third-order valence-corrected chi connectivity index (χ3v) is 4.43. The van der Waals surface area contributed by atoms with E-state index in [-0.39, 0.29) is 5.91 Å². The Morgan fingerprint density at radius 1 is 1.04 bits per heavy atom. The van der Waals surface area contributed by atoms with E-state index in [0.29, 0.717) is 15.6 Å². The molecule has 132 valence electrons. The van der Waals surface area contributed by atoms with E-state index in [1.165, 1.54) is 6.21 Å². The molecule has 0 spiro atoms. The highest BCUT2D eigenvalue weighted by Crippen LogP contribution is 2.20. The summed E-state index contributed by atoms with van der Waals surface area (Å²) in [5.41, 5.74) is 4.05. The molecule has 0 saturated carbocycles. The molecule has 4 nitrogen and oxygen atoms in total. The van der Waals surface area contributed by atoms with E-state index in [1.54, 1.807) is 25.1 Å². The molecule has 2 N–H and O–H groups in total. The zero-order valence-corrected chi connectivity index (χ0v) is 15.6. The second-order valence-electron chi connectivity index (χ2n) is 5.83. The van der Waals surface area contributed by atoms with E-state index < -0.39 is 6.04 Å². The molecular formula is C20H17Cl2N3O. The minimum atomic E-state index is -0.450. The van der Waals surface area contributed by atoms with Crippen LogP contribution in [0.4, 0.5) is 5.69 Å². The number of benzene rings is 3. The summed E-state index contributed by atoms with van der Waals surface area (Å²) in [5, 5.41) is 10.4. The maximum absolute atomic E-state index is 12.2. The molecule has 26 heavy (non-hydrogen) atoms. The van der Waals surface area contributed by atoms with Crippen LogP contribution in [-0.4, -0.2) is 18.2 Å². The maximum atomic E-state index is 12.2. The number of rotatable bonds is 5. The van der Waals surface area contributed by atoms with Gasteiger partial charge in [0.25, 0.3) is 5.91 Å². The van der Waals surface area contributed by atoms with Gasteiger partial charge in [0.2, 0.25) is 0 Å². The first kappa shape index (κ1) is 18.2. The van der Waals surface area contributed by atoms with Crippen LogP contribution in [0.15, 0.2) is 65.8 Å². The highest BCUT2D eigenvalue weighted by molar-refractivity contribution is 6.36. The third-order valence-electron chi connectivity index (χ3n) is 3.87. The van der Waals surface area contributed by atoms with Gasteiger partial charge in [-0.25, -0.2) is 5.43 Å². The number of fused-ring (bicyclic) bond motifs is 1. The highest BCUT2D eigenvalue weighted by atomic mass is 35.5. The number of hydrogen-bond donors (Lipinski definition) is 2. The summed E-state index contributed by atoms with van der Waals surface area (Å²) < 4.78 is 0. The Balaban J connectivity index is 1.60. The summed E-state index contributed by atoms with van der Waals surface area (Å²) in [6, 6.07) is 18.6. The van der Waals surface area contributed by atoms with Crippen molar-refractivity contribution >= 4 is 51.8 Å². The van der Waals surface area contributed by atoms with Gasteiger partial charge < -0.3 is 5.32 Å². The minimum Gasteiger partial charge on any atom is -0.374 e. The van der Waals surface area contributed by atoms with E-state index >= 15 is 0 Å². The van der Waals surface area contributed by atoms with Crippen molar-refractivity contribution in [3.8, 4) is 0 Å². The normalized spacial score (nSPS) is 12.3. The quantitative estimate of drug-likeness (QED) is 0.474. The number of amides is 1. The first-order valence-electron chi connectivity index (χ1n) is 8.06. The lowest BCUT2D eigenvalue weighted by atomic mass is 10.1. The number of anilines is 1. The Bertz CT molecular complexity index is 972. The molecule has 3 aromatic rings. The largest absolute Gasteiger partial charge is 0.374 e. The van der Waals surface area contributed by atoms with Crippen molar-refractivity contribution in [3.63, 3.8) is 0 Å². The number of nitrogens with zero attached hydrogens (tertiary/aromatic N) is 1. The van der Waals surface area contributed by atoms with Gasteiger partial charge in [0.1, 0.15) is 6.04 Å². The van der Waals surface area contributed by atoms with Crippen LogP contribution in [0.2, 0.25) is 10.0 Å². The van der Waals surface area contributed by atoms with Crippen LogP contribution < -0.4 is 10.7 Å². The van der Waals surface area contributed by atoms with E-state index in [0.717, 1.165) is 16.5 Å². The summed E-state index contributed by atoms with van der Waals surface area (Å²) in [6.07, 6.45) is 1.49. The van der Waals surface area contributed by atoms with Gasteiger partial charge in [-0.15, -0.1) is 0 Å². The minimum absolute atomic E-state index is 0.250. The van der Waals surface area contributed by atoms with Crippen LogP contribution in [0, 0.1) is 0 Å². The van der Waals surface area contributed by atoms with Crippen molar-refractivity contribution in [2.45, 2.75) is 13.0 Å². The number of nitrogens with one attached hydrogen (secondary N) is 2. The molecule has 0 saturated heterocycles. The molecule has 0 aliphatic heterocycles. The fourth-order valence-corrected chi connectivity index (χ4v) is 2.92. The van der Waals surface area contributed by atoms with Gasteiger partial charge in [-0.1, -0.05) is 59.6 Å². The zero-order valence-electron chi connectivity index (χ0n) is 14.0.